The summed E-state index contributed by atoms with van der Waals surface area (Å²) in [6, 6.07) is 0. The molecule has 1 aromatic heterocycles. The first-order valence-electron chi connectivity index (χ1n) is 4.68. The molecular formula is C9H11N3O3. The zero-order valence-corrected chi connectivity index (χ0v) is 8.20. The van der Waals surface area contributed by atoms with Crippen LogP contribution in [0.4, 0.5) is 5.82 Å². The molecule has 0 aromatic carbocycles. The zero-order chi connectivity index (χ0) is 11.0. The second-order valence-electron chi connectivity index (χ2n) is 3.74. The van der Waals surface area contributed by atoms with Crippen LogP contribution in [-0.4, -0.2) is 27.6 Å². The first kappa shape index (κ1) is 9.70. The van der Waals surface area contributed by atoms with E-state index in [2.05, 4.69) is 15.3 Å². The molecular weight excluding hydrogens is 198 g/mol. The molecule has 0 saturated carbocycles. The van der Waals surface area contributed by atoms with E-state index in [1.54, 1.807) is 0 Å². The van der Waals surface area contributed by atoms with Crippen LogP contribution in [0.1, 0.15) is 23.1 Å². The monoisotopic (exact) mass is 209 g/mol. The van der Waals surface area contributed by atoms with Crippen molar-refractivity contribution in [1.29, 1.82) is 0 Å². The van der Waals surface area contributed by atoms with E-state index >= 15 is 0 Å². The Hall–Kier alpha value is -1.85. The van der Waals surface area contributed by atoms with Crippen molar-refractivity contribution in [3.05, 3.63) is 21.7 Å². The van der Waals surface area contributed by atoms with Crippen LogP contribution in [0.25, 0.3) is 0 Å². The number of nitrogens with one attached hydrogen (secondary N) is 2. The minimum absolute atomic E-state index is 0.319. The lowest BCUT2D eigenvalue weighted by molar-refractivity contribution is 0.0683. The van der Waals surface area contributed by atoms with E-state index in [1.165, 1.54) is 0 Å². The Kier molecular flexibility index (Phi) is 2.18. The number of fused-ring (bicyclic) bond motifs is 1. The van der Waals surface area contributed by atoms with Crippen molar-refractivity contribution in [3.63, 3.8) is 0 Å². The molecule has 15 heavy (non-hydrogen) atoms. The number of H-pyrrole nitrogens is 1. The fourth-order valence-electron chi connectivity index (χ4n) is 1.63. The first-order valence-corrected chi connectivity index (χ1v) is 4.68. The maximum absolute atomic E-state index is 11.5. The number of aromatic carboxylic acids is 1. The van der Waals surface area contributed by atoms with Gasteiger partial charge in [0, 0.05) is 6.54 Å². The lowest BCUT2D eigenvalue weighted by atomic mass is 9.99. The third-order valence-corrected chi connectivity index (χ3v) is 2.39. The third kappa shape index (κ3) is 1.70. The molecule has 6 heteroatoms. The minimum atomic E-state index is -1.23. The number of hydrogen-bond acceptors (Lipinski definition) is 4. The van der Waals surface area contributed by atoms with E-state index < -0.39 is 5.97 Å². The quantitative estimate of drug-likeness (QED) is 0.608. The van der Waals surface area contributed by atoms with Gasteiger partial charge in [-0.1, -0.05) is 6.92 Å². The van der Waals surface area contributed by atoms with Gasteiger partial charge in [0.05, 0.1) is 5.56 Å². The van der Waals surface area contributed by atoms with Gasteiger partial charge in [-0.15, -0.1) is 0 Å². The van der Waals surface area contributed by atoms with Crippen molar-refractivity contribution >= 4 is 11.8 Å². The molecule has 1 aromatic rings. The van der Waals surface area contributed by atoms with Gasteiger partial charge < -0.3 is 15.4 Å². The number of anilines is 1. The van der Waals surface area contributed by atoms with Crippen LogP contribution in [0.2, 0.25) is 0 Å². The largest absolute Gasteiger partial charge is 0.475 e. The highest BCUT2D eigenvalue weighted by Crippen LogP contribution is 2.18. The average Bonchev–Trinajstić information content (AvgIpc) is 2.18. The highest BCUT2D eigenvalue weighted by atomic mass is 16.4. The second-order valence-corrected chi connectivity index (χ2v) is 3.74. The summed E-state index contributed by atoms with van der Waals surface area (Å²) >= 11 is 0. The van der Waals surface area contributed by atoms with Crippen molar-refractivity contribution in [3.8, 4) is 0 Å². The third-order valence-electron chi connectivity index (χ3n) is 2.39. The second kappa shape index (κ2) is 3.38. The molecule has 2 heterocycles. The molecule has 0 radical (unpaired) electrons. The Labute approximate surface area is 85.4 Å². The summed E-state index contributed by atoms with van der Waals surface area (Å²) in [5.74, 6) is -0.790. The van der Waals surface area contributed by atoms with E-state index in [9.17, 15) is 9.59 Å². The van der Waals surface area contributed by atoms with Gasteiger partial charge in [-0.25, -0.2) is 9.78 Å². The molecule has 0 spiro atoms. The zero-order valence-electron chi connectivity index (χ0n) is 8.20. The smallest absolute Gasteiger partial charge is 0.372 e. The summed E-state index contributed by atoms with van der Waals surface area (Å²) in [6.45, 7) is 2.73. The first-order chi connectivity index (χ1) is 7.08. The van der Waals surface area contributed by atoms with Gasteiger partial charge in [0.25, 0.3) is 5.56 Å². The molecule has 0 bridgehead atoms. The molecule has 0 saturated heterocycles. The maximum atomic E-state index is 11.5. The van der Waals surface area contributed by atoms with Gasteiger partial charge in [0.15, 0.2) is 0 Å². The molecule has 0 fully saturated rings. The van der Waals surface area contributed by atoms with Gasteiger partial charge in [-0.2, -0.15) is 0 Å². The van der Waals surface area contributed by atoms with E-state index in [4.69, 9.17) is 5.11 Å². The van der Waals surface area contributed by atoms with Crippen LogP contribution in [0.15, 0.2) is 4.79 Å². The van der Waals surface area contributed by atoms with E-state index in [0.29, 0.717) is 30.3 Å². The number of nitrogens with zero attached hydrogens (tertiary/aromatic N) is 1. The molecule has 6 nitrogen and oxygen atoms in total. The topological polar surface area (TPSA) is 95.1 Å². The van der Waals surface area contributed by atoms with Crippen LogP contribution in [0.3, 0.4) is 0 Å². The Bertz CT molecular complexity index is 466. The summed E-state index contributed by atoms with van der Waals surface area (Å²) in [4.78, 5) is 28.3. The summed E-state index contributed by atoms with van der Waals surface area (Å²) < 4.78 is 0. The summed E-state index contributed by atoms with van der Waals surface area (Å²) in [6.07, 6.45) is 0.630. The minimum Gasteiger partial charge on any atom is -0.475 e. The van der Waals surface area contributed by atoms with Crippen LogP contribution < -0.4 is 10.9 Å². The Morgan fingerprint density at radius 3 is 3.00 bits per heavy atom. The fraction of sp³-hybridized carbons (Fsp3) is 0.444. The van der Waals surface area contributed by atoms with Gasteiger partial charge in [-0.3, -0.25) is 4.79 Å². The molecule has 0 unspecified atom stereocenters. The number of carbonyl (C=O) groups is 1. The summed E-state index contributed by atoms with van der Waals surface area (Å²) in [5, 5.41) is 11.7. The van der Waals surface area contributed by atoms with Crippen LogP contribution in [0.5, 0.6) is 0 Å². The van der Waals surface area contributed by atoms with Gasteiger partial charge in [-0.05, 0) is 12.3 Å². The molecule has 1 aliphatic heterocycles. The van der Waals surface area contributed by atoms with Crippen LogP contribution in [-0.2, 0) is 6.42 Å². The Balaban J connectivity index is 2.53. The maximum Gasteiger partial charge on any atom is 0.372 e. The molecule has 1 aliphatic rings. The normalized spacial score (nSPS) is 19.1. The predicted molar refractivity (Wildman–Crippen MR) is 53.2 cm³/mol. The number of aromatic nitrogens is 2. The van der Waals surface area contributed by atoms with Crippen LogP contribution >= 0.6 is 0 Å². The van der Waals surface area contributed by atoms with Gasteiger partial charge in [0.1, 0.15) is 5.82 Å². The molecule has 80 valence electrons. The lowest BCUT2D eigenvalue weighted by Crippen LogP contribution is -2.30. The highest BCUT2D eigenvalue weighted by molar-refractivity contribution is 5.83. The number of hydrogen-bond donors (Lipinski definition) is 3. The molecule has 3 N–H and O–H groups in total. The Morgan fingerprint density at radius 2 is 2.33 bits per heavy atom. The van der Waals surface area contributed by atoms with E-state index in [-0.39, 0.29) is 11.4 Å². The number of carboxylic acid groups (broad SMARTS) is 1. The average molecular weight is 209 g/mol. The SMILES string of the molecule is C[C@H]1CNc2nc(C(=O)O)[nH]c(=O)c2C1. The van der Waals surface area contributed by atoms with E-state index in [1.807, 2.05) is 6.92 Å². The molecule has 0 amide bonds. The summed E-state index contributed by atoms with van der Waals surface area (Å²) in [7, 11) is 0. The number of rotatable bonds is 1. The van der Waals surface area contributed by atoms with Crippen LogP contribution in [0, 0.1) is 5.92 Å². The van der Waals surface area contributed by atoms with Crippen molar-refractivity contribution in [1.82, 2.24) is 9.97 Å². The fourth-order valence-corrected chi connectivity index (χ4v) is 1.63. The van der Waals surface area contributed by atoms with E-state index in [0.717, 1.165) is 0 Å². The Morgan fingerprint density at radius 1 is 1.60 bits per heavy atom. The van der Waals surface area contributed by atoms with Crippen molar-refractivity contribution < 1.29 is 9.90 Å². The van der Waals surface area contributed by atoms with Gasteiger partial charge in [0.2, 0.25) is 5.82 Å². The predicted octanol–water partition coefficient (Wildman–Crippen LogP) is 0.0722. The van der Waals surface area contributed by atoms with Crippen molar-refractivity contribution in [2.24, 2.45) is 5.92 Å². The summed E-state index contributed by atoms with van der Waals surface area (Å²) in [5.41, 5.74) is 0.176. The molecule has 1 atom stereocenters. The van der Waals surface area contributed by atoms with Gasteiger partial charge >= 0.3 is 5.97 Å². The molecule has 0 aliphatic carbocycles. The van der Waals surface area contributed by atoms with Crippen molar-refractivity contribution in [2.75, 3.05) is 11.9 Å². The standard InChI is InChI=1S/C9H11N3O3/c1-4-2-5-6(10-3-4)11-7(9(14)15)12-8(5)13/h4H,2-3H2,1H3,(H,14,15)(H2,10,11,12,13)/t4-/m1/s1. The molecule has 2 rings (SSSR count). The lowest BCUT2D eigenvalue weighted by Gasteiger charge is -2.21. The highest BCUT2D eigenvalue weighted by Gasteiger charge is 2.21. The number of carboxylic acids is 1. The number of aromatic amines is 1. The van der Waals surface area contributed by atoms with Crippen molar-refractivity contribution in [2.45, 2.75) is 13.3 Å².